The van der Waals surface area contributed by atoms with Gasteiger partial charge in [-0.2, -0.15) is 0 Å². The van der Waals surface area contributed by atoms with Crippen molar-refractivity contribution in [1.29, 1.82) is 0 Å². The molecule has 0 saturated heterocycles. The van der Waals surface area contributed by atoms with Gasteiger partial charge in [-0.15, -0.1) is 11.3 Å². The molecule has 5 nitrogen and oxygen atoms in total. The van der Waals surface area contributed by atoms with Gasteiger partial charge in [0.2, 0.25) is 5.91 Å². The lowest BCUT2D eigenvalue weighted by Gasteiger charge is -2.04. The molecule has 2 aromatic carbocycles. The second-order valence-corrected chi connectivity index (χ2v) is 6.75. The van der Waals surface area contributed by atoms with Gasteiger partial charge in [-0.05, 0) is 42.0 Å². The van der Waals surface area contributed by atoms with E-state index in [-0.39, 0.29) is 5.91 Å². The molecule has 0 aliphatic carbocycles. The Morgan fingerprint density at radius 2 is 2.04 bits per heavy atom. The fourth-order valence-electron chi connectivity index (χ4n) is 2.35. The minimum atomic E-state index is -0.258. The first-order valence-corrected chi connectivity index (χ1v) is 9.27. The van der Waals surface area contributed by atoms with E-state index in [0.29, 0.717) is 15.9 Å². The Labute approximate surface area is 166 Å². The van der Waals surface area contributed by atoms with Gasteiger partial charge in [-0.3, -0.25) is 10.1 Å². The van der Waals surface area contributed by atoms with Crippen LogP contribution in [0.4, 0.5) is 5.13 Å². The highest BCUT2D eigenvalue weighted by Crippen LogP contribution is 2.31. The monoisotopic (exact) mass is 400 g/mol. The molecule has 3 rings (SSSR count). The molecule has 138 valence electrons. The van der Waals surface area contributed by atoms with Gasteiger partial charge >= 0.3 is 0 Å². The summed E-state index contributed by atoms with van der Waals surface area (Å²) in [6.07, 6.45) is 3.18. The molecule has 1 amide bonds. The van der Waals surface area contributed by atoms with E-state index in [4.69, 9.17) is 21.1 Å². The summed E-state index contributed by atoms with van der Waals surface area (Å²) in [5, 5.41) is 5.64. The van der Waals surface area contributed by atoms with Crippen molar-refractivity contribution < 1.29 is 14.3 Å². The first kappa shape index (κ1) is 18.9. The molecule has 1 heterocycles. The topological polar surface area (TPSA) is 60.5 Å². The highest BCUT2D eigenvalue weighted by Gasteiger charge is 2.09. The molecule has 27 heavy (non-hydrogen) atoms. The molecule has 0 radical (unpaired) electrons. The van der Waals surface area contributed by atoms with E-state index in [0.717, 1.165) is 22.6 Å². The minimum absolute atomic E-state index is 0.258. The molecule has 0 atom stereocenters. The van der Waals surface area contributed by atoms with Crippen LogP contribution in [0.1, 0.15) is 5.56 Å². The van der Waals surface area contributed by atoms with Crippen molar-refractivity contribution >= 4 is 40.1 Å². The van der Waals surface area contributed by atoms with Crippen LogP contribution in [0, 0.1) is 0 Å². The number of carbonyl (C=O) groups excluding carboxylic acids is 1. The van der Waals surface area contributed by atoms with Gasteiger partial charge in [0.05, 0.1) is 24.9 Å². The Morgan fingerprint density at radius 1 is 1.19 bits per heavy atom. The second-order valence-electron chi connectivity index (χ2n) is 5.49. The molecular weight excluding hydrogens is 384 g/mol. The van der Waals surface area contributed by atoms with Crippen molar-refractivity contribution in [3.63, 3.8) is 0 Å². The van der Waals surface area contributed by atoms with Crippen molar-refractivity contribution in [2.45, 2.75) is 0 Å². The van der Waals surface area contributed by atoms with Crippen LogP contribution in [0.3, 0.4) is 0 Å². The number of nitrogens with zero attached hydrogens (tertiary/aromatic N) is 1. The number of hydrogen-bond donors (Lipinski definition) is 1. The molecule has 0 spiro atoms. The van der Waals surface area contributed by atoms with E-state index in [1.165, 1.54) is 17.4 Å². The highest BCUT2D eigenvalue weighted by atomic mass is 35.5. The number of nitrogens with one attached hydrogen (secondary N) is 1. The molecule has 0 unspecified atom stereocenters. The lowest BCUT2D eigenvalue weighted by molar-refractivity contribution is -0.111. The summed E-state index contributed by atoms with van der Waals surface area (Å²) >= 11 is 7.50. The molecule has 0 saturated carbocycles. The molecule has 3 aromatic rings. The largest absolute Gasteiger partial charge is 0.497 e. The Bertz CT molecular complexity index is 985. The summed E-state index contributed by atoms with van der Waals surface area (Å²) in [6.45, 7) is 0. The molecule has 0 bridgehead atoms. The van der Waals surface area contributed by atoms with Crippen LogP contribution in [0.25, 0.3) is 17.3 Å². The summed E-state index contributed by atoms with van der Waals surface area (Å²) in [4.78, 5) is 16.6. The first-order chi connectivity index (χ1) is 13.1. The summed E-state index contributed by atoms with van der Waals surface area (Å²) in [5.41, 5.74) is 2.46. The Kier molecular flexibility index (Phi) is 6.11. The van der Waals surface area contributed by atoms with Gasteiger partial charge in [-0.1, -0.05) is 23.7 Å². The SMILES string of the molecule is COc1cccc(/C=C/C(=O)Nc2nc(-c3ccc(OC)c(Cl)c3)cs2)c1. The lowest BCUT2D eigenvalue weighted by Crippen LogP contribution is -2.07. The number of amides is 1. The number of benzene rings is 2. The minimum Gasteiger partial charge on any atom is -0.497 e. The van der Waals surface area contributed by atoms with Crippen LogP contribution in [0.2, 0.25) is 5.02 Å². The van der Waals surface area contributed by atoms with Gasteiger partial charge in [-0.25, -0.2) is 4.98 Å². The van der Waals surface area contributed by atoms with Crippen molar-refractivity contribution in [3.8, 4) is 22.8 Å². The van der Waals surface area contributed by atoms with E-state index >= 15 is 0 Å². The lowest BCUT2D eigenvalue weighted by atomic mass is 10.2. The summed E-state index contributed by atoms with van der Waals surface area (Å²) in [7, 11) is 3.17. The van der Waals surface area contributed by atoms with Gasteiger partial charge < -0.3 is 9.47 Å². The van der Waals surface area contributed by atoms with Crippen molar-refractivity contribution in [3.05, 3.63) is 64.5 Å². The molecule has 7 heteroatoms. The maximum absolute atomic E-state index is 12.1. The number of anilines is 1. The van der Waals surface area contributed by atoms with Crippen LogP contribution in [-0.2, 0) is 4.79 Å². The van der Waals surface area contributed by atoms with Gasteiger partial charge in [0.25, 0.3) is 0 Å². The van der Waals surface area contributed by atoms with E-state index in [1.807, 2.05) is 35.7 Å². The third-order valence-electron chi connectivity index (χ3n) is 3.70. The summed E-state index contributed by atoms with van der Waals surface area (Å²) in [6, 6.07) is 12.9. The zero-order chi connectivity index (χ0) is 19.2. The molecule has 0 fully saturated rings. The Hall–Kier alpha value is -2.83. The predicted molar refractivity (Wildman–Crippen MR) is 110 cm³/mol. The van der Waals surface area contributed by atoms with Gasteiger partial charge in [0.1, 0.15) is 11.5 Å². The maximum atomic E-state index is 12.1. The van der Waals surface area contributed by atoms with Crippen molar-refractivity contribution in [2.75, 3.05) is 19.5 Å². The van der Waals surface area contributed by atoms with E-state index < -0.39 is 0 Å². The molecule has 1 aromatic heterocycles. The number of thiazole rings is 1. The number of carbonyl (C=O) groups is 1. The van der Waals surface area contributed by atoms with Crippen molar-refractivity contribution in [1.82, 2.24) is 4.98 Å². The number of ether oxygens (including phenoxy) is 2. The smallest absolute Gasteiger partial charge is 0.250 e. The zero-order valence-electron chi connectivity index (χ0n) is 14.7. The number of halogens is 1. The number of rotatable bonds is 6. The van der Waals surface area contributed by atoms with Crippen LogP contribution in [-0.4, -0.2) is 25.1 Å². The fourth-order valence-corrected chi connectivity index (χ4v) is 3.33. The third-order valence-corrected chi connectivity index (χ3v) is 4.76. The summed E-state index contributed by atoms with van der Waals surface area (Å²) < 4.78 is 10.3. The van der Waals surface area contributed by atoms with E-state index in [2.05, 4.69) is 10.3 Å². The summed E-state index contributed by atoms with van der Waals surface area (Å²) in [5.74, 6) is 1.08. The van der Waals surface area contributed by atoms with Crippen LogP contribution in [0.15, 0.2) is 53.9 Å². The zero-order valence-corrected chi connectivity index (χ0v) is 16.3. The standard InChI is InChI=1S/C20H17ClN2O3S/c1-25-15-5-3-4-13(10-15)6-9-19(24)23-20-22-17(12-27-20)14-7-8-18(26-2)16(21)11-14/h3-12H,1-2H3,(H,22,23,24)/b9-6+. The quantitative estimate of drug-likeness (QED) is 0.582. The van der Waals surface area contributed by atoms with Crippen LogP contribution < -0.4 is 14.8 Å². The average Bonchev–Trinajstić information content (AvgIpc) is 3.15. The molecule has 0 aliphatic heterocycles. The van der Waals surface area contributed by atoms with Crippen molar-refractivity contribution in [2.24, 2.45) is 0 Å². The first-order valence-electron chi connectivity index (χ1n) is 8.01. The number of methoxy groups -OCH3 is 2. The number of aromatic nitrogens is 1. The second kappa shape index (κ2) is 8.70. The molecule has 1 N–H and O–H groups in total. The fraction of sp³-hybridized carbons (Fsp3) is 0.100. The van der Waals surface area contributed by atoms with E-state index in [9.17, 15) is 4.79 Å². The van der Waals surface area contributed by atoms with Gasteiger partial charge in [0.15, 0.2) is 5.13 Å². The number of hydrogen-bond acceptors (Lipinski definition) is 5. The maximum Gasteiger partial charge on any atom is 0.250 e. The Balaban J connectivity index is 1.67. The van der Waals surface area contributed by atoms with Crippen LogP contribution in [0.5, 0.6) is 11.5 Å². The Morgan fingerprint density at radius 3 is 2.78 bits per heavy atom. The third kappa shape index (κ3) is 4.87. The van der Waals surface area contributed by atoms with E-state index in [1.54, 1.807) is 32.4 Å². The highest BCUT2D eigenvalue weighted by molar-refractivity contribution is 7.14. The predicted octanol–water partition coefficient (Wildman–Crippen LogP) is 5.13. The normalized spacial score (nSPS) is 10.8. The van der Waals surface area contributed by atoms with Gasteiger partial charge in [0, 0.05) is 17.0 Å². The average molecular weight is 401 g/mol. The van der Waals surface area contributed by atoms with Crippen LogP contribution >= 0.6 is 22.9 Å². The molecule has 0 aliphatic rings. The molecular formula is C20H17ClN2O3S.